The van der Waals surface area contributed by atoms with Gasteiger partial charge >= 0.3 is 12.0 Å². The van der Waals surface area contributed by atoms with Crippen molar-refractivity contribution < 1.29 is 14.6 Å². The van der Waals surface area contributed by atoms with Crippen LogP contribution in [0.5, 0.6) is 12.0 Å². The fourth-order valence-corrected chi connectivity index (χ4v) is 1.44. The minimum Gasteiger partial charge on any atom is -0.467 e. The second-order valence-corrected chi connectivity index (χ2v) is 3.92. The smallest absolute Gasteiger partial charge is 0.324 e. The summed E-state index contributed by atoms with van der Waals surface area (Å²) in [5.74, 6) is 0.751. The molecule has 0 radical (unpaired) electrons. The van der Waals surface area contributed by atoms with E-state index < -0.39 is 0 Å². The number of nitrogens with one attached hydrogen (secondary N) is 1. The Kier molecular flexibility index (Phi) is 3.58. The Morgan fingerprint density at radius 1 is 1.24 bits per heavy atom. The molecular weight excluding hydrogens is 224 g/mol. The van der Waals surface area contributed by atoms with E-state index in [2.05, 4.69) is 20.3 Å². The van der Waals surface area contributed by atoms with Gasteiger partial charge in [-0.05, 0) is 18.8 Å². The number of rotatable bonds is 6. The van der Waals surface area contributed by atoms with Crippen molar-refractivity contribution in [1.29, 1.82) is 0 Å². The summed E-state index contributed by atoms with van der Waals surface area (Å²) in [7, 11) is 2.94. The van der Waals surface area contributed by atoms with Gasteiger partial charge in [0, 0.05) is 6.54 Å². The molecule has 1 heterocycles. The van der Waals surface area contributed by atoms with Crippen molar-refractivity contribution in [1.82, 2.24) is 15.0 Å². The molecule has 94 valence electrons. The Morgan fingerprint density at radius 3 is 2.29 bits per heavy atom. The Balaban J connectivity index is 1.98. The molecule has 7 nitrogen and oxygen atoms in total. The Hall–Kier alpha value is -1.63. The molecule has 1 unspecified atom stereocenters. The predicted molar refractivity (Wildman–Crippen MR) is 60.2 cm³/mol. The SMILES string of the molecule is COc1nc(NCC(O)C2CC2)nc(OC)n1. The molecule has 1 aromatic heterocycles. The van der Waals surface area contributed by atoms with Crippen LogP contribution in [-0.2, 0) is 0 Å². The second kappa shape index (κ2) is 5.13. The van der Waals surface area contributed by atoms with Gasteiger partial charge in [0.25, 0.3) is 0 Å². The minimum atomic E-state index is -0.358. The van der Waals surface area contributed by atoms with Crippen LogP contribution in [0.1, 0.15) is 12.8 Å². The van der Waals surface area contributed by atoms with Crippen LogP contribution in [0.25, 0.3) is 0 Å². The molecule has 2 rings (SSSR count). The third kappa shape index (κ3) is 3.16. The summed E-state index contributed by atoms with van der Waals surface area (Å²) >= 11 is 0. The van der Waals surface area contributed by atoms with E-state index in [0.29, 0.717) is 18.4 Å². The second-order valence-electron chi connectivity index (χ2n) is 3.92. The lowest BCUT2D eigenvalue weighted by atomic mass is 10.2. The average molecular weight is 240 g/mol. The number of anilines is 1. The largest absolute Gasteiger partial charge is 0.467 e. The third-order valence-electron chi connectivity index (χ3n) is 2.60. The lowest BCUT2D eigenvalue weighted by Gasteiger charge is -2.11. The van der Waals surface area contributed by atoms with Crippen LogP contribution in [0.3, 0.4) is 0 Å². The topological polar surface area (TPSA) is 89.4 Å². The maximum absolute atomic E-state index is 9.71. The summed E-state index contributed by atoms with van der Waals surface area (Å²) in [6.45, 7) is 0.418. The number of hydrogen-bond acceptors (Lipinski definition) is 7. The van der Waals surface area contributed by atoms with Gasteiger partial charge in [0.1, 0.15) is 0 Å². The molecule has 1 aliphatic carbocycles. The van der Waals surface area contributed by atoms with E-state index in [1.165, 1.54) is 14.2 Å². The van der Waals surface area contributed by atoms with Crippen molar-refractivity contribution in [3.8, 4) is 12.0 Å². The summed E-state index contributed by atoms with van der Waals surface area (Å²) in [6.07, 6.45) is 1.82. The zero-order valence-corrected chi connectivity index (χ0v) is 9.88. The predicted octanol–water partition coefficient (Wildman–Crippen LogP) is 0.0716. The standard InChI is InChI=1S/C10H16N4O3/c1-16-9-12-8(13-10(14-9)17-2)11-5-7(15)6-3-4-6/h6-7,15H,3-5H2,1-2H3,(H,11,12,13,14). The van der Waals surface area contributed by atoms with Gasteiger partial charge in [-0.1, -0.05) is 0 Å². The highest BCUT2D eigenvalue weighted by molar-refractivity contribution is 5.27. The van der Waals surface area contributed by atoms with Crippen molar-refractivity contribution >= 4 is 5.95 Å². The molecule has 1 fully saturated rings. The Bertz CT molecular complexity index is 362. The van der Waals surface area contributed by atoms with Gasteiger partial charge in [-0.3, -0.25) is 0 Å². The first-order chi connectivity index (χ1) is 8.22. The van der Waals surface area contributed by atoms with Crippen LogP contribution in [0.4, 0.5) is 5.95 Å². The van der Waals surface area contributed by atoms with Gasteiger partial charge < -0.3 is 19.9 Å². The number of aliphatic hydroxyl groups excluding tert-OH is 1. The molecule has 0 saturated heterocycles. The zero-order valence-electron chi connectivity index (χ0n) is 9.88. The fourth-order valence-electron chi connectivity index (χ4n) is 1.44. The highest BCUT2D eigenvalue weighted by Crippen LogP contribution is 2.32. The molecule has 1 atom stereocenters. The number of methoxy groups -OCH3 is 2. The summed E-state index contributed by atoms with van der Waals surface area (Å²) in [5, 5.41) is 12.7. The zero-order chi connectivity index (χ0) is 12.3. The van der Waals surface area contributed by atoms with E-state index >= 15 is 0 Å². The number of ether oxygens (including phenoxy) is 2. The van der Waals surface area contributed by atoms with E-state index in [0.717, 1.165) is 12.8 Å². The van der Waals surface area contributed by atoms with Gasteiger partial charge in [-0.2, -0.15) is 9.97 Å². The van der Waals surface area contributed by atoms with Crippen LogP contribution in [-0.4, -0.2) is 46.9 Å². The van der Waals surface area contributed by atoms with E-state index in [1.54, 1.807) is 0 Å². The van der Waals surface area contributed by atoms with Gasteiger partial charge in [-0.15, -0.1) is 4.98 Å². The van der Waals surface area contributed by atoms with Crippen LogP contribution >= 0.6 is 0 Å². The van der Waals surface area contributed by atoms with E-state index in [9.17, 15) is 5.11 Å². The molecule has 2 N–H and O–H groups in total. The molecule has 1 aliphatic rings. The number of nitrogens with zero attached hydrogens (tertiary/aromatic N) is 3. The summed E-state index contributed by atoms with van der Waals surface area (Å²) < 4.78 is 9.84. The van der Waals surface area contributed by atoms with Crippen LogP contribution < -0.4 is 14.8 Å². The molecule has 1 saturated carbocycles. The van der Waals surface area contributed by atoms with Gasteiger partial charge in [0.05, 0.1) is 20.3 Å². The quantitative estimate of drug-likeness (QED) is 0.727. The van der Waals surface area contributed by atoms with Crippen molar-refractivity contribution in [2.45, 2.75) is 18.9 Å². The first kappa shape index (κ1) is 11.8. The summed E-state index contributed by atoms with van der Waals surface area (Å²) in [4.78, 5) is 11.9. The first-order valence-electron chi connectivity index (χ1n) is 5.49. The van der Waals surface area contributed by atoms with Crippen molar-refractivity contribution in [3.05, 3.63) is 0 Å². The molecule has 0 bridgehead atoms. The normalized spacial score (nSPS) is 16.4. The molecule has 0 aliphatic heterocycles. The van der Waals surface area contributed by atoms with Crippen LogP contribution in [0, 0.1) is 5.92 Å². The maximum Gasteiger partial charge on any atom is 0.324 e. The lowest BCUT2D eigenvalue weighted by Crippen LogP contribution is -2.22. The van der Waals surface area contributed by atoms with E-state index in [1.807, 2.05) is 0 Å². The Labute approximate surface area is 99.2 Å². The van der Waals surface area contributed by atoms with Crippen molar-refractivity contribution in [2.24, 2.45) is 5.92 Å². The maximum atomic E-state index is 9.71. The molecule has 17 heavy (non-hydrogen) atoms. The van der Waals surface area contributed by atoms with Gasteiger partial charge in [0.2, 0.25) is 5.95 Å². The number of aromatic nitrogens is 3. The van der Waals surface area contributed by atoms with Crippen LogP contribution in [0.2, 0.25) is 0 Å². The highest BCUT2D eigenvalue weighted by atomic mass is 16.5. The molecular formula is C10H16N4O3. The van der Waals surface area contributed by atoms with E-state index in [4.69, 9.17) is 9.47 Å². The molecule has 0 aromatic carbocycles. The minimum absolute atomic E-state index is 0.181. The monoisotopic (exact) mass is 240 g/mol. The Morgan fingerprint density at radius 2 is 1.82 bits per heavy atom. The van der Waals surface area contributed by atoms with E-state index in [-0.39, 0.29) is 18.1 Å². The van der Waals surface area contributed by atoms with Crippen molar-refractivity contribution in [3.63, 3.8) is 0 Å². The van der Waals surface area contributed by atoms with Crippen LogP contribution in [0.15, 0.2) is 0 Å². The lowest BCUT2D eigenvalue weighted by molar-refractivity contribution is 0.164. The third-order valence-corrected chi connectivity index (χ3v) is 2.60. The molecule has 0 spiro atoms. The molecule has 1 aromatic rings. The first-order valence-corrected chi connectivity index (χ1v) is 5.49. The van der Waals surface area contributed by atoms with Gasteiger partial charge in [0.15, 0.2) is 0 Å². The summed E-state index contributed by atoms with van der Waals surface area (Å²) in [5.41, 5.74) is 0. The molecule has 0 amide bonds. The molecule has 7 heteroatoms. The highest BCUT2D eigenvalue weighted by Gasteiger charge is 2.29. The summed E-state index contributed by atoms with van der Waals surface area (Å²) in [6, 6.07) is 0.362. The fraction of sp³-hybridized carbons (Fsp3) is 0.700. The number of aliphatic hydroxyl groups is 1. The van der Waals surface area contributed by atoms with Crippen molar-refractivity contribution in [2.75, 3.05) is 26.1 Å². The average Bonchev–Trinajstić information content (AvgIpc) is 3.19. The number of hydrogen-bond donors (Lipinski definition) is 2. The van der Waals surface area contributed by atoms with Gasteiger partial charge in [-0.25, -0.2) is 0 Å².